The molecule has 1 aliphatic rings. The molecule has 1 aliphatic heterocycles. The number of hydrogen-bond donors (Lipinski definition) is 1. The number of carbonyl (C=O) groups excluding carboxylic acids is 1. The van der Waals surface area contributed by atoms with E-state index in [4.69, 9.17) is 4.74 Å². The maximum absolute atomic E-state index is 13.3. The quantitative estimate of drug-likeness (QED) is 0.787. The van der Waals surface area contributed by atoms with Crippen LogP contribution in [0.5, 0.6) is 0 Å². The lowest BCUT2D eigenvalue weighted by molar-refractivity contribution is -0.137. The summed E-state index contributed by atoms with van der Waals surface area (Å²) in [6.45, 7) is 3.06. The van der Waals surface area contributed by atoms with Crippen LogP contribution >= 0.6 is 0 Å². The van der Waals surface area contributed by atoms with Crippen molar-refractivity contribution in [2.75, 3.05) is 27.2 Å². The minimum atomic E-state index is -4.44. The van der Waals surface area contributed by atoms with Gasteiger partial charge in [-0.2, -0.15) is 13.2 Å². The summed E-state index contributed by atoms with van der Waals surface area (Å²) in [6, 6.07) is 13.0. The van der Waals surface area contributed by atoms with Gasteiger partial charge in [0.2, 0.25) is 0 Å². The summed E-state index contributed by atoms with van der Waals surface area (Å²) in [5.74, 6) is -0.380. The summed E-state index contributed by atoms with van der Waals surface area (Å²) in [7, 11) is 3.61. The van der Waals surface area contributed by atoms with Crippen LogP contribution in [0.15, 0.2) is 48.5 Å². The Balaban J connectivity index is 1.98. The topological polar surface area (TPSA) is 41.6 Å². The van der Waals surface area contributed by atoms with Gasteiger partial charge in [-0.15, -0.1) is 0 Å². The predicted octanol–water partition coefficient (Wildman–Crippen LogP) is 4.24. The molecule has 2 aromatic rings. The molecule has 3 rings (SSSR count). The minimum absolute atomic E-state index is 0.0810. The van der Waals surface area contributed by atoms with Crippen molar-refractivity contribution < 1.29 is 22.7 Å². The van der Waals surface area contributed by atoms with Crippen LogP contribution in [0.25, 0.3) is 0 Å². The van der Waals surface area contributed by atoms with Crippen LogP contribution in [0.4, 0.5) is 13.2 Å². The smallest absolute Gasteiger partial charge is 0.380 e. The van der Waals surface area contributed by atoms with E-state index in [1.807, 2.05) is 37.4 Å². The lowest BCUT2D eigenvalue weighted by Gasteiger charge is -2.45. The number of methoxy groups -OCH3 is 1. The Hall–Kier alpha value is -2.38. The first-order valence-corrected chi connectivity index (χ1v) is 9.98. The third-order valence-corrected chi connectivity index (χ3v) is 5.70. The number of likely N-dealkylation sites (tertiary alicyclic amines) is 1. The number of hydrogen-bond acceptors (Lipinski definition) is 3. The van der Waals surface area contributed by atoms with Crippen LogP contribution in [-0.4, -0.2) is 44.2 Å². The second-order valence-electron chi connectivity index (χ2n) is 7.88. The molecule has 1 saturated heterocycles. The molecular weight excluding hydrogens is 393 g/mol. The zero-order valence-electron chi connectivity index (χ0n) is 17.4. The monoisotopic (exact) mass is 420 g/mol. The Morgan fingerprint density at radius 1 is 1.23 bits per heavy atom. The largest absolute Gasteiger partial charge is 0.416 e. The predicted molar refractivity (Wildman–Crippen MR) is 109 cm³/mol. The maximum atomic E-state index is 13.3. The molecular formula is C23H27F3N2O2. The number of nitrogens with zero attached hydrogens (tertiary/aromatic N) is 1. The van der Waals surface area contributed by atoms with Crippen LogP contribution in [-0.2, 0) is 22.9 Å². The molecule has 30 heavy (non-hydrogen) atoms. The molecule has 0 aliphatic carbocycles. The molecule has 1 amide bonds. The summed E-state index contributed by atoms with van der Waals surface area (Å²) in [5.41, 5.74) is 0.128. The number of alkyl halides is 3. The molecule has 1 fully saturated rings. The van der Waals surface area contributed by atoms with E-state index in [9.17, 15) is 18.0 Å². The standard InChI is InChI=1S/C23H27F3N2O2/c1-4-16-12-18(23(24,25)26)10-11-20(16)21(29)27-22(17-8-6-5-7-9-17)13-19(30-3)14-28(2)15-22/h5-12,19H,4,13-15H2,1-3H3,(H,27,29)/t19-,22+/m0/s1. The molecule has 2 atom stereocenters. The van der Waals surface area contributed by atoms with Crippen molar-refractivity contribution in [3.63, 3.8) is 0 Å². The van der Waals surface area contributed by atoms with Gasteiger partial charge in [-0.1, -0.05) is 37.3 Å². The second-order valence-corrected chi connectivity index (χ2v) is 7.88. The number of aryl methyl sites for hydroxylation is 1. The molecule has 0 saturated carbocycles. The van der Waals surface area contributed by atoms with Gasteiger partial charge in [0.05, 0.1) is 17.2 Å². The van der Waals surface area contributed by atoms with Crippen molar-refractivity contribution in [1.29, 1.82) is 0 Å². The number of likely N-dealkylation sites (N-methyl/N-ethyl adjacent to an activating group) is 1. The lowest BCUT2D eigenvalue weighted by atomic mass is 9.80. The Morgan fingerprint density at radius 2 is 1.93 bits per heavy atom. The van der Waals surface area contributed by atoms with Gasteiger partial charge < -0.3 is 15.0 Å². The Morgan fingerprint density at radius 3 is 2.53 bits per heavy atom. The fourth-order valence-corrected chi connectivity index (χ4v) is 4.25. The van der Waals surface area contributed by atoms with Crippen LogP contribution in [0.2, 0.25) is 0 Å². The molecule has 4 nitrogen and oxygen atoms in total. The van der Waals surface area contributed by atoms with E-state index in [1.165, 1.54) is 6.07 Å². The number of amides is 1. The SMILES string of the molecule is CCc1cc(C(F)(F)F)ccc1C(=O)N[C@]1(c2ccccc2)C[C@H](OC)CN(C)C1. The first-order valence-electron chi connectivity index (χ1n) is 9.98. The lowest BCUT2D eigenvalue weighted by Crippen LogP contribution is -2.59. The van der Waals surface area contributed by atoms with Gasteiger partial charge >= 0.3 is 6.18 Å². The maximum Gasteiger partial charge on any atom is 0.416 e. The van der Waals surface area contributed by atoms with E-state index < -0.39 is 17.3 Å². The number of benzene rings is 2. The van der Waals surface area contributed by atoms with Gasteiger partial charge in [0.1, 0.15) is 0 Å². The summed E-state index contributed by atoms with van der Waals surface area (Å²) in [4.78, 5) is 15.4. The number of rotatable bonds is 5. The van der Waals surface area contributed by atoms with Crippen LogP contribution in [0.3, 0.4) is 0 Å². The highest BCUT2D eigenvalue weighted by atomic mass is 19.4. The normalized spacial score (nSPS) is 22.7. The molecule has 0 aromatic heterocycles. The van der Waals surface area contributed by atoms with Crippen molar-refractivity contribution in [3.8, 4) is 0 Å². The highest BCUT2D eigenvalue weighted by Gasteiger charge is 2.42. The summed E-state index contributed by atoms with van der Waals surface area (Å²) in [6.07, 6.45) is -3.62. The first kappa shape index (κ1) is 22.3. The van der Waals surface area contributed by atoms with Gasteiger partial charge in [-0.3, -0.25) is 4.79 Å². The summed E-state index contributed by atoms with van der Waals surface area (Å²) in [5, 5.41) is 3.15. The van der Waals surface area contributed by atoms with Crippen molar-refractivity contribution in [2.45, 2.75) is 37.6 Å². The molecule has 1 N–H and O–H groups in total. The average Bonchev–Trinajstić information content (AvgIpc) is 2.72. The van der Waals surface area contributed by atoms with E-state index in [-0.39, 0.29) is 17.6 Å². The molecule has 0 bridgehead atoms. The van der Waals surface area contributed by atoms with Gasteiger partial charge in [0, 0.05) is 32.2 Å². The molecule has 0 unspecified atom stereocenters. The number of nitrogens with one attached hydrogen (secondary N) is 1. The van der Waals surface area contributed by atoms with E-state index >= 15 is 0 Å². The van der Waals surface area contributed by atoms with Gasteiger partial charge in [0.15, 0.2) is 0 Å². The van der Waals surface area contributed by atoms with E-state index in [0.717, 1.165) is 24.2 Å². The minimum Gasteiger partial charge on any atom is -0.380 e. The summed E-state index contributed by atoms with van der Waals surface area (Å²) >= 11 is 0. The van der Waals surface area contributed by atoms with Crippen molar-refractivity contribution in [2.24, 2.45) is 0 Å². The second kappa shape index (κ2) is 8.78. The first-order chi connectivity index (χ1) is 14.2. The van der Waals surface area contributed by atoms with E-state index in [0.29, 0.717) is 24.9 Å². The van der Waals surface area contributed by atoms with Gasteiger partial charge in [-0.25, -0.2) is 0 Å². The molecule has 7 heteroatoms. The third kappa shape index (κ3) is 4.68. The van der Waals surface area contributed by atoms with Crippen molar-refractivity contribution >= 4 is 5.91 Å². The average molecular weight is 420 g/mol. The fourth-order valence-electron chi connectivity index (χ4n) is 4.25. The van der Waals surface area contributed by atoms with Gasteiger partial charge in [-0.05, 0) is 42.8 Å². The van der Waals surface area contributed by atoms with Crippen LogP contribution in [0.1, 0.15) is 40.4 Å². The Bertz CT molecular complexity index is 886. The highest BCUT2D eigenvalue weighted by molar-refractivity contribution is 5.96. The third-order valence-electron chi connectivity index (χ3n) is 5.70. The molecule has 1 heterocycles. The van der Waals surface area contributed by atoms with Crippen LogP contribution in [0, 0.1) is 0 Å². The Kier molecular flexibility index (Phi) is 6.53. The van der Waals surface area contributed by atoms with Crippen LogP contribution < -0.4 is 5.32 Å². The molecule has 0 spiro atoms. The van der Waals surface area contributed by atoms with Crippen molar-refractivity contribution in [1.82, 2.24) is 10.2 Å². The number of piperidine rings is 1. The number of carbonyl (C=O) groups is 1. The van der Waals surface area contributed by atoms with E-state index in [1.54, 1.807) is 14.0 Å². The number of ether oxygens (including phenoxy) is 1. The van der Waals surface area contributed by atoms with Gasteiger partial charge in [0.25, 0.3) is 5.91 Å². The van der Waals surface area contributed by atoms with Crippen molar-refractivity contribution in [3.05, 3.63) is 70.8 Å². The number of halogens is 3. The molecule has 0 radical (unpaired) electrons. The Labute approximate surface area is 175 Å². The zero-order chi connectivity index (χ0) is 21.9. The van der Waals surface area contributed by atoms with E-state index in [2.05, 4.69) is 10.2 Å². The highest BCUT2D eigenvalue weighted by Crippen LogP contribution is 2.34. The molecule has 2 aromatic carbocycles. The molecule has 162 valence electrons. The summed E-state index contributed by atoms with van der Waals surface area (Å²) < 4.78 is 44.9. The zero-order valence-corrected chi connectivity index (χ0v) is 17.4. The fraction of sp³-hybridized carbons (Fsp3) is 0.435.